The molecule has 0 amide bonds. The fraction of sp³-hybridized carbons (Fsp3) is 0.188. The molecule has 0 bridgehead atoms. The molecule has 3 nitrogen and oxygen atoms in total. The molecule has 1 aromatic rings. The van der Waals surface area contributed by atoms with Gasteiger partial charge in [0.05, 0.1) is 7.11 Å². The van der Waals surface area contributed by atoms with Crippen molar-refractivity contribution in [2.75, 3.05) is 14.2 Å². The molecule has 0 heterocycles. The number of carbonyl (C=O) groups is 1. The number of ether oxygens (including phenoxy) is 2. The van der Waals surface area contributed by atoms with E-state index in [4.69, 9.17) is 9.47 Å². The molecule has 1 aliphatic rings. The predicted molar refractivity (Wildman–Crippen MR) is 74.8 cm³/mol. The average Bonchev–Trinajstić information content (AvgIpc) is 2.49. The van der Waals surface area contributed by atoms with Crippen LogP contribution in [0.5, 0.6) is 5.75 Å². The number of benzene rings is 1. The van der Waals surface area contributed by atoms with Gasteiger partial charge < -0.3 is 4.74 Å². The van der Waals surface area contributed by atoms with Crippen molar-refractivity contribution >= 4 is 11.9 Å². The third-order valence-electron chi connectivity index (χ3n) is 3.07. The zero-order chi connectivity index (χ0) is 13.7. The monoisotopic (exact) mass is 256 g/mol. The van der Waals surface area contributed by atoms with Crippen LogP contribution in [0.4, 0.5) is 0 Å². The van der Waals surface area contributed by atoms with Crippen molar-refractivity contribution in [1.82, 2.24) is 0 Å². The minimum atomic E-state index is 0.694. The van der Waals surface area contributed by atoms with Crippen molar-refractivity contribution < 1.29 is 14.3 Å². The summed E-state index contributed by atoms with van der Waals surface area (Å²) in [6, 6.07) is 7.47. The van der Waals surface area contributed by atoms with Gasteiger partial charge >= 0.3 is 5.75 Å². The zero-order valence-electron chi connectivity index (χ0n) is 11.1. The summed E-state index contributed by atoms with van der Waals surface area (Å²) in [5, 5.41) is 0. The first-order valence-electron chi connectivity index (χ1n) is 6.03. The van der Waals surface area contributed by atoms with Crippen LogP contribution in [0.25, 0.3) is 5.57 Å². The SMILES string of the molecule is COC1=CCC(=C(C=O)c2ccc([O+]C)cc2)C=C1. The molecule has 0 spiro atoms. The second-order valence-electron chi connectivity index (χ2n) is 4.13. The molecule has 3 heteroatoms. The molecule has 0 unspecified atom stereocenters. The van der Waals surface area contributed by atoms with Crippen LogP contribution < -0.4 is 4.74 Å². The fourth-order valence-electron chi connectivity index (χ4n) is 1.98. The highest BCUT2D eigenvalue weighted by molar-refractivity contribution is 6.09. The molecule has 0 saturated heterocycles. The Labute approximate surface area is 112 Å². The van der Waals surface area contributed by atoms with Gasteiger partial charge in [-0.05, 0) is 41.8 Å². The Morgan fingerprint density at radius 3 is 2.47 bits per heavy atom. The van der Waals surface area contributed by atoms with E-state index >= 15 is 0 Å². The number of methoxy groups -OCH3 is 2. The minimum Gasteiger partial charge on any atom is -0.497 e. The third kappa shape index (κ3) is 2.94. The van der Waals surface area contributed by atoms with Gasteiger partial charge in [-0.3, -0.25) is 9.53 Å². The smallest absolute Gasteiger partial charge is 0.343 e. The van der Waals surface area contributed by atoms with E-state index in [1.165, 1.54) is 0 Å². The van der Waals surface area contributed by atoms with E-state index in [0.29, 0.717) is 12.0 Å². The Morgan fingerprint density at radius 2 is 2.00 bits per heavy atom. The maximum atomic E-state index is 11.3. The Kier molecular flexibility index (Phi) is 4.18. The molecule has 1 aromatic carbocycles. The van der Waals surface area contributed by atoms with Gasteiger partial charge in [-0.2, -0.15) is 0 Å². The summed E-state index contributed by atoms with van der Waals surface area (Å²) in [5.41, 5.74) is 2.58. The van der Waals surface area contributed by atoms with Crippen LogP contribution in [0.1, 0.15) is 12.0 Å². The van der Waals surface area contributed by atoms with Gasteiger partial charge in [-0.25, -0.2) is 0 Å². The summed E-state index contributed by atoms with van der Waals surface area (Å²) < 4.78 is 10.2. The van der Waals surface area contributed by atoms with Crippen LogP contribution in [0.15, 0.2) is 53.8 Å². The lowest BCUT2D eigenvalue weighted by Crippen LogP contribution is -1.96. The first kappa shape index (κ1) is 13.1. The molecular weight excluding hydrogens is 240 g/mol. The number of hydrogen-bond donors (Lipinski definition) is 0. The summed E-state index contributed by atoms with van der Waals surface area (Å²) in [7, 11) is 3.25. The van der Waals surface area contributed by atoms with Crippen LogP contribution in [-0.2, 0) is 9.53 Å². The zero-order valence-corrected chi connectivity index (χ0v) is 11.1. The third-order valence-corrected chi connectivity index (χ3v) is 3.07. The average molecular weight is 256 g/mol. The van der Waals surface area contributed by atoms with Gasteiger partial charge in [-0.1, -0.05) is 6.08 Å². The van der Waals surface area contributed by atoms with Gasteiger partial charge in [0.1, 0.15) is 5.76 Å². The van der Waals surface area contributed by atoms with Crippen LogP contribution in [0, 0.1) is 0 Å². The van der Waals surface area contributed by atoms with Crippen molar-refractivity contribution in [2.45, 2.75) is 6.42 Å². The summed E-state index contributed by atoms with van der Waals surface area (Å²) >= 11 is 0. The second kappa shape index (κ2) is 6.05. The fourth-order valence-corrected chi connectivity index (χ4v) is 1.98. The lowest BCUT2D eigenvalue weighted by Gasteiger charge is -2.11. The molecule has 0 atom stereocenters. The molecule has 0 aliphatic heterocycles. The van der Waals surface area contributed by atoms with Crippen molar-refractivity contribution in [3.05, 3.63) is 59.4 Å². The van der Waals surface area contributed by atoms with E-state index < -0.39 is 0 Å². The standard InChI is InChI=1S/C16H16O3/c1-18-14-7-3-12(4-8-14)16(11-17)13-5-9-15(19-2)10-6-13/h3-5,7-11H,6H2,1-2H3/q+1. The number of carbonyl (C=O) groups excluding carboxylic acids is 1. The molecule has 2 rings (SSSR count). The Balaban J connectivity index is 2.32. The van der Waals surface area contributed by atoms with E-state index in [2.05, 4.69) is 0 Å². The highest BCUT2D eigenvalue weighted by Crippen LogP contribution is 2.26. The second-order valence-corrected chi connectivity index (χ2v) is 4.13. The van der Waals surface area contributed by atoms with Gasteiger partial charge in [0.15, 0.2) is 6.29 Å². The first-order valence-corrected chi connectivity index (χ1v) is 6.03. The normalized spacial score (nSPS) is 16.6. The van der Waals surface area contributed by atoms with Crippen molar-refractivity contribution in [2.24, 2.45) is 0 Å². The van der Waals surface area contributed by atoms with Crippen LogP contribution in [0.2, 0.25) is 0 Å². The summed E-state index contributed by atoms with van der Waals surface area (Å²) in [6.45, 7) is 0. The van der Waals surface area contributed by atoms with E-state index in [1.807, 2.05) is 42.5 Å². The van der Waals surface area contributed by atoms with E-state index in [-0.39, 0.29) is 0 Å². The molecule has 1 aliphatic carbocycles. The molecule has 19 heavy (non-hydrogen) atoms. The van der Waals surface area contributed by atoms with Crippen LogP contribution in [0.3, 0.4) is 0 Å². The van der Waals surface area contributed by atoms with Crippen molar-refractivity contribution in [3.8, 4) is 5.75 Å². The molecule has 0 fully saturated rings. The Bertz CT molecular complexity index is 548. The Hall–Kier alpha value is -2.29. The maximum Gasteiger partial charge on any atom is 0.343 e. The number of hydrogen-bond acceptors (Lipinski definition) is 3. The first-order chi connectivity index (χ1) is 9.28. The summed E-state index contributed by atoms with van der Waals surface area (Å²) in [5.74, 6) is 1.60. The largest absolute Gasteiger partial charge is 0.497 e. The van der Waals surface area contributed by atoms with E-state index in [0.717, 1.165) is 28.9 Å². The van der Waals surface area contributed by atoms with Gasteiger partial charge in [0, 0.05) is 17.7 Å². The summed E-state index contributed by atoms with van der Waals surface area (Å²) in [6.07, 6.45) is 7.34. The van der Waals surface area contributed by atoms with E-state index in [9.17, 15) is 4.79 Å². The Morgan fingerprint density at radius 1 is 1.26 bits per heavy atom. The molecule has 0 saturated carbocycles. The molecule has 1 radical (unpaired) electrons. The van der Waals surface area contributed by atoms with Crippen molar-refractivity contribution in [3.63, 3.8) is 0 Å². The maximum absolute atomic E-state index is 11.3. The molecular formula is C16H16O3+. The van der Waals surface area contributed by atoms with Gasteiger partial charge in [0.25, 0.3) is 7.11 Å². The lowest BCUT2D eigenvalue weighted by atomic mass is 9.96. The van der Waals surface area contributed by atoms with Gasteiger partial charge in [-0.15, -0.1) is 0 Å². The highest BCUT2D eigenvalue weighted by atomic mass is 16.5. The minimum absolute atomic E-state index is 0.694. The molecule has 97 valence electrons. The number of rotatable bonds is 4. The van der Waals surface area contributed by atoms with E-state index in [1.54, 1.807) is 14.2 Å². The quantitative estimate of drug-likeness (QED) is 0.472. The molecule has 0 aromatic heterocycles. The molecule has 0 N–H and O–H groups in total. The van der Waals surface area contributed by atoms with Crippen LogP contribution >= 0.6 is 0 Å². The number of aldehydes is 1. The summed E-state index contributed by atoms with van der Waals surface area (Å²) in [4.78, 5) is 11.3. The predicted octanol–water partition coefficient (Wildman–Crippen LogP) is 3.14. The van der Waals surface area contributed by atoms with Gasteiger partial charge in [0.2, 0.25) is 0 Å². The van der Waals surface area contributed by atoms with Crippen LogP contribution in [-0.4, -0.2) is 20.5 Å². The number of allylic oxidation sites excluding steroid dienone is 5. The highest BCUT2D eigenvalue weighted by Gasteiger charge is 2.11. The lowest BCUT2D eigenvalue weighted by molar-refractivity contribution is -0.103. The van der Waals surface area contributed by atoms with Crippen molar-refractivity contribution in [1.29, 1.82) is 0 Å². The topological polar surface area (TPSA) is 37.6 Å².